The Bertz CT molecular complexity index is 351. The van der Waals surface area contributed by atoms with Crippen molar-refractivity contribution in [1.82, 2.24) is 4.98 Å². The highest BCUT2D eigenvalue weighted by Gasteiger charge is 2.32. The Morgan fingerprint density at radius 3 is 2.94 bits per heavy atom. The number of anilines is 1. The van der Waals surface area contributed by atoms with Crippen LogP contribution >= 0.6 is 0 Å². The molecule has 0 aliphatic carbocycles. The van der Waals surface area contributed by atoms with Crippen molar-refractivity contribution in [2.75, 3.05) is 18.9 Å². The van der Waals surface area contributed by atoms with Gasteiger partial charge in [-0.05, 0) is 26.0 Å². The van der Waals surface area contributed by atoms with Crippen molar-refractivity contribution in [2.45, 2.75) is 25.7 Å². The molecule has 0 spiro atoms. The van der Waals surface area contributed by atoms with Crippen LogP contribution in [0.25, 0.3) is 0 Å². The van der Waals surface area contributed by atoms with E-state index < -0.39 is 5.79 Å². The lowest BCUT2D eigenvalue weighted by Crippen LogP contribution is -2.25. The zero-order valence-corrected chi connectivity index (χ0v) is 9.47. The van der Waals surface area contributed by atoms with Crippen molar-refractivity contribution in [1.29, 1.82) is 0 Å². The Morgan fingerprint density at radius 1 is 1.56 bits per heavy atom. The molecule has 1 aromatic rings. The van der Waals surface area contributed by atoms with Crippen LogP contribution < -0.4 is 10.5 Å². The van der Waals surface area contributed by atoms with Gasteiger partial charge in [-0.1, -0.05) is 0 Å². The summed E-state index contributed by atoms with van der Waals surface area (Å²) in [5.41, 5.74) is 5.47. The van der Waals surface area contributed by atoms with Gasteiger partial charge in [0.25, 0.3) is 0 Å². The first-order chi connectivity index (χ1) is 7.55. The van der Waals surface area contributed by atoms with E-state index in [1.54, 1.807) is 18.3 Å². The molecule has 0 amide bonds. The molecule has 0 radical (unpaired) electrons. The highest BCUT2D eigenvalue weighted by atomic mass is 16.7. The van der Waals surface area contributed by atoms with Crippen LogP contribution in [-0.2, 0) is 9.47 Å². The van der Waals surface area contributed by atoms with Crippen LogP contribution in [0.4, 0.5) is 5.82 Å². The highest BCUT2D eigenvalue weighted by molar-refractivity contribution is 5.32. The first-order valence-corrected chi connectivity index (χ1v) is 5.21. The molecule has 2 heterocycles. The summed E-state index contributed by atoms with van der Waals surface area (Å²) in [5, 5.41) is 0. The first-order valence-electron chi connectivity index (χ1n) is 5.21. The van der Waals surface area contributed by atoms with E-state index in [4.69, 9.17) is 19.9 Å². The van der Waals surface area contributed by atoms with Crippen molar-refractivity contribution in [3.8, 4) is 5.75 Å². The Labute approximate surface area is 94.5 Å². The van der Waals surface area contributed by atoms with Gasteiger partial charge in [0, 0.05) is 0 Å². The summed E-state index contributed by atoms with van der Waals surface area (Å²) in [6.07, 6.45) is 1.56. The molecule has 2 rings (SSSR count). The van der Waals surface area contributed by atoms with E-state index in [0.29, 0.717) is 24.8 Å². The summed E-state index contributed by atoms with van der Waals surface area (Å²) in [7, 11) is 0. The second-order valence-electron chi connectivity index (χ2n) is 4.18. The van der Waals surface area contributed by atoms with Crippen LogP contribution in [0.1, 0.15) is 13.8 Å². The molecule has 1 aliphatic heterocycles. The first kappa shape index (κ1) is 11.2. The number of aromatic nitrogens is 1. The lowest BCUT2D eigenvalue weighted by atomic mass is 10.4. The predicted molar refractivity (Wildman–Crippen MR) is 59.0 cm³/mol. The van der Waals surface area contributed by atoms with Crippen molar-refractivity contribution in [3.05, 3.63) is 18.3 Å². The molecule has 1 fully saturated rings. The molecule has 1 aromatic heterocycles. The summed E-state index contributed by atoms with van der Waals surface area (Å²) < 4.78 is 16.5. The number of pyridine rings is 1. The summed E-state index contributed by atoms with van der Waals surface area (Å²) in [4.78, 5) is 3.93. The average Bonchev–Trinajstić information content (AvgIpc) is 2.58. The van der Waals surface area contributed by atoms with Gasteiger partial charge in [0.1, 0.15) is 24.3 Å². The Balaban J connectivity index is 1.82. The van der Waals surface area contributed by atoms with Crippen molar-refractivity contribution >= 4 is 5.82 Å². The van der Waals surface area contributed by atoms with E-state index in [1.807, 2.05) is 13.8 Å². The second-order valence-corrected chi connectivity index (χ2v) is 4.18. The number of hydrogen-bond acceptors (Lipinski definition) is 5. The molecule has 0 bridgehead atoms. The molecule has 16 heavy (non-hydrogen) atoms. The summed E-state index contributed by atoms with van der Waals surface area (Å²) in [6.45, 7) is 4.78. The monoisotopic (exact) mass is 224 g/mol. The van der Waals surface area contributed by atoms with Crippen LogP contribution in [0.2, 0.25) is 0 Å². The third-order valence-electron chi connectivity index (χ3n) is 2.26. The number of hydrogen-bond donors (Lipinski definition) is 1. The van der Waals surface area contributed by atoms with Gasteiger partial charge in [0.2, 0.25) is 0 Å². The summed E-state index contributed by atoms with van der Waals surface area (Å²) >= 11 is 0. The zero-order chi connectivity index (χ0) is 11.6. The number of nitrogen functional groups attached to an aromatic ring is 1. The molecule has 5 nitrogen and oxygen atoms in total. The van der Waals surface area contributed by atoms with Gasteiger partial charge >= 0.3 is 0 Å². The zero-order valence-electron chi connectivity index (χ0n) is 9.47. The molecule has 88 valence electrons. The molecule has 2 N–H and O–H groups in total. The van der Waals surface area contributed by atoms with Crippen molar-refractivity contribution in [2.24, 2.45) is 0 Å². The lowest BCUT2D eigenvalue weighted by Gasteiger charge is -2.17. The minimum Gasteiger partial charge on any atom is -0.489 e. The van der Waals surface area contributed by atoms with E-state index >= 15 is 0 Å². The van der Waals surface area contributed by atoms with Crippen LogP contribution in [0.5, 0.6) is 5.75 Å². The van der Waals surface area contributed by atoms with Crippen molar-refractivity contribution in [3.63, 3.8) is 0 Å². The van der Waals surface area contributed by atoms with E-state index in [9.17, 15) is 0 Å². The molecular formula is C11H16N2O3. The van der Waals surface area contributed by atoms with Gasteiger partial charge < -0.3 is 19.9 Å². The number of rotatable bonds is 3. The fourth-order valence-electron chi connectivity index (χ4n) is 1.51. The molecule has 0 saturated carbocycles. The van der Waals surface area contributed by atoms with E-state index in [2.05, 4.69) is 4.98 Å². The van der Waals surface area contributed by atoms with Gasteiger partial charge in [-0.25, -0.2) is 4.98 Å². The fraction of sp³-hybridized carbons (Fsp3) is 0.545. The quantitative estimate of drug-likeness (QED) is 0.835. The van der Waals surface area contributed by atoms with E-state index in [1.165, 1.54) is 0 Å². The van der Waals surface area contributed by atoms with Gasteiger partial charge in [0.05, 0.1) is 12.8 Å². The maximum atomic E-state index is 5.60. The molecule has 5 heteroatoms. The summed E-state index contributed by atoms with van der Waals surface area (Å²) in [6, 6.07) is 3.48. The van der Waals surface area contributed by atoms with Crippen LogP contribution in [0, 0.1) is 0 Å². The van der Waals surface area contributed by atoms with Crippen LogP contribution in [-0.4, -0.2) is 30.1 Å². The van der Waals surface area contributed by atoms with Gasteiger partial charge in [-0.2, -0.15) is 0 Å². The maximum Gasteiger partial charge on any atom is 0.163 e. The molecule has 1 saturated heterocycles. The molecule has 0 unspecified atom stereocenters. The number of nitrogens with zero attached hydrogens (tertiary/aromatic N) is 1. The Morgan fingerprint density at radius 2 is 2.38 bits per heavy atom. The van der Waals surface area contributed by atoms with Gasteiger partial charge in [-0.15, -0.1) is 0 Å². The third kappa shape index (κ3) is 2.84. The fourth-order valence-corrected chi connectivity index (χ4v) is 1.51. The highest BCUT2D eigenvalue weighted by Crippen LogP contribution is 2.22. The average molecular weight is 224 g/mol. The number of ether oxygens (including phenoxy) is 3. The summed E-state index contributed by atoms with van der Waals surface area (Å²) in [5.74, 6) is 0.657. The lowest BCUT2D eigenvalue weighted by molar-refractivity contribution is -0.141. The Kier molecular flexibility index (Phi) is 2.98. The number of nitrogens with two attached hydrogens (primary N) is 1. The van der Waals surface area contributed by atoms with Gasteiger partial charge in [-0.3, -0.25) is 0 Å². The Hall–Kier alpha value is -1.33. The normalized spacial score (nSPS) is 23.2. The third-order valence-corrected chi connectivity index (χ3v) is 2.26. The minimum atomic E-state index is -0.507. The smallest absolute Gasteiger partial charge is 0.163 e. The van der Waals surface area contributed by atoms with Crippen molar-refractivity contribution < 1.29 is 14.2 Å². The van der Waals surface area contributed by atoms with Crippen LogP contribution in [0.3, 0.4) is 0 Å². The van der Waals surface area contributed by atoms with E-state index in [0.717, 1.165) is 0 Å². The molecule has 0 aromatic carbocycles. The maximum absolute atomic E-state index is 5.60. The SMILES string of the molecule is CC1(C)OC[C@@H](COc2ccc(N)nc2)O1. The minimum absolute atomic E-state index is 0.0347. The van der Waals surface area contributed by atoms with Crippen LogP contribution in [0.15, 0.2) is 18.3 Å². The largest absolute Gasteiger partial charge is 0.489 e. The van der Waals surface area contributed by atoms with Gasteiger partial charge in [0.15, 0.2) is 5.79 Å². The molecule has 1 aliphatic rings. The molecular weight excluding hydrogens is 208 g/mol. The predicted octanol–water partition coefficient (Wildman–Crippen LogP) is 1.19. The van der Waals surface area contributed by atoms with E-state index in [-0.39, 0.29) is 6.10 Å². The molecule has 1 atom stereocenters. The topological polar surface area (TPSA) is 66.6 Å². The second kappa shape index (κ2) is 4.27. The standard InChI is InChI=1S/C11H16N2O3/c1-11(2)15-7-9(16-11)6-14-8-3-4-10(12)13-5-8/h3-5,9H,6-7H2,1-2H3,(H2,12,13)/t9-/m1/s1.